The van der Waals surface area contributed by atoms with E-state index in [9.17, 15) is 24.0 Å². The summed E-state index contributed by atoms with van der Waals surface area (Å²) >= 11 is 0. The molecule has 0 spiro atoms. The number of aromatic amines is 1. The fourth-order valence-corrected chi connectivity index (χ4v) is 6.57. The van der Waals surface area contributed by atoms with Crippen molar-refractivity contribution in [3.63, 3.8) is 0 Å². The predicted molar refractivity (Wildman–Crippen MR) is 179 cm³/mol. The number of nitrogens with one attached hydrogen (secondary N) is 5. The number of hydrogen-bond donors (Lipinski definition) is 6. The third-order valence-corrected chi connectivity index (χ3v) is 8.98. The fourth-order valence-electron chi connectivity index (χ4n) is 6.57. The van der Waals surface area contributed by atoms with Crippen LogP contribution in [-0.4, -0.2) is 82.7 Å². The number of fused-ring (bicyclic) bond motifs is 2. The van der Waals surface area contributed by atoms with Crippen LogP contribution in [0, 0.1) is 0 Å². The highest BCUT2D eigenvalue weighted by Gasteiger charge is 2.44. The zero-order chi connectivity index (χ0) is 33.6. The molecule has 0 radical (unpaired) electrons. The van der Waals surface area contributed by atoms with Crippen LogP contribution >= 0.6 is 0 Å². The highest BCUT2D eigenvalue weighted by molar-refractivity contribution is 5.98. The molecule has 0 unspecified atom stereocenters. The van der Waals surface area contributed by atoms with Crippen molar-refractivity contribution in [1.29, 1.82) is 0 Å². The Bertz CT molecular complexity index is 1790. The van der Waals surface area contributed by atoms with Crippen molar-refractivity contribution in [3.8, 4) is 0 Å². The maximum atomic E-state index is 14.4. The molecule has 7 N–H and O–H groups in total. The summed E-state index contributed by atoms with van der Waals surface area (Å²) in [6.07, 6.45) is 2.38. The van der Waals surface area contributed by atoms with Crippen molar-refractivity contribution in [2.45, 2.75) is 55.9 Å². The maximum Gasteiger partial charge on any atom is 0.246 e. The molecular formula is C36H39N7O5. The molecule has 1 aromatic heterocycles. The van der Waals surface area contributed by atoms with Crippen molar-refractivity contribution < 1.29 is 24.0 Å². The van der Waals surface area contributed by atoms with Crippen LogP contribution in [0.25, 0.3) is 10.9 Å². The van der Waals surface area contributed by atoms with E-state index in [0.29, 0.717) is 0 Å². The van der Waals surface area contributed by atoms with Crippen LogP contribution in [0.15, 0.2) is 91.1 Å². The Kier molecular flexibility index (Phi) is 9.81. The van der Waals surface area contributed by atoms with Crippen molar-refractivity contribution in [3.05, 3.63) is 108 Å². The number of hydrogen-bond acceptors (Lipinski definition) is 6. The van der Waals surface area contributed by atoms with Gasteiger partial charge in [0.05, 0.1) is 6.54 Å². The molecule has 12 nitrogen and oxygen atoms in total. The van der Waals surface area contributed by atoms with Gasteiger partial charge in [0.1, 0.15) is 24.2 Å². The molecule has 248 valence electrons. The van der Waals surface area contributed by atoms with Crippen molar-refractivity contribution in [2.24, 2.45) is 5.73 Å². The summed E-state index contributed by atoms with van der Waals surface area (Å²) in [4.78, 5) is 73.4. The van der Waals surface area contributed by atoms with E-state index in [1.807, 2.05) is 84.9 Å². The third-order valence-electron chi connectivity index (χ3n) is 8.98. The minimum absolute atomic E-state index is 0.0398. The first-order chi connectivity index (χ1) is 23.3. The van der Waals surface area contributed by atoms with E-state index in [2.05, 4.69) is 26.3 Å². The van der Waals surface area contributed by atoms with Gasteiger partial charge in [-0.15, -0.1) is 0 Å². The molecule has 6 rings (SSSR count). The Morgan fingerprint density at radius 2 is 1.29 bits per heavy atom. The van der Waals surface area contributed by atoms with Crippen LogP contribution < -0.4 is 27.0 Å². The lowest BCUT2D eigenvalue weighted by molar-refractivity contribution is -0.143. The van der Waals surface area contributed by atoms with E-state index < -0.39 is 59.7 Å². The van der Waals surface area contributed by atoms with Crippen LogP contribution in [0.1, 0.15) is 23.1 Å². The first kappa shape index (κ1) is 32.5. The Morgan fingerprint density at radius 3 is 1.96 bits per heavy atom. The number of nitrogens with zero attached hydrogens (tertiary/aromatic N) is 1. The zero-order valence-corrected chi connectivity index (χ0v) is 26.4. The second-order valence-electron chi connectivity index (χ2n) is 12.3. The van der Waals surface area contributed by atoms with Gasteiger partial charge in [-0.25, -0.2) is 0 Å². The molecule has 2 aliphatic rings. The Morgan fingerprint density at radius 1 is 0.729 bits per heavy atom. The molecule has 2 aliphatic heterocycles. The molecule has 0 bridgehead atoms. The Hall–Kier alpha value is -5.49. The molecule has 12 heteroatoms. The van der Waals surface area contributed by atoms with Crippen LogP contribution in [-0.2, 0) is 43.2 Å². The van der Waals surface area contributed by atoms with Crippen molar-refractivity contribution >= 4 is 40.4 Å². The molecule has 4 aromatic rings. The van der Waals surface area contributed by atoms with Gasteiger partial charge in [0.2, 0.25) is 29.5 Å². The minimum atomic E-state index is -1.07. The first-order valence-corrected chi connectivity index (χ1v) is 16.1. The van der Waals surface area contributed by atoms with Gasteiger partial charge in [0.25, 0.3) is 0 Å². The minimum Gasteiger partial charge on any atom is -0.361 e. The second-order valence-corrected chi connectivity index (χ2v) is 12.3. The average Bonchev–Trinajstić information content (AvgIpc) is 3.71. The Balaban J connectivity index is 1.38. The van der Waals surface area contributed by atoms with Gasteiger partial charge in [-0.05, 0) is 29.2 Å². The summed E-state index contributed by atoms with van der Waals surface area (Å²) in [5, 5.41) is 12.4. The van der Waals surface area contributed by atoms with E-state index >= 15 is 0 Å². The SMILES string of the molecule is NCC(=O)N[C@@H]1C[C@@H]2C(=O)N[C@@H](Cc3ccccc3)C(=O)N[C@H](Cc3c[nH]c4ccccc34)C(=O)N[C@@H](Cc3ccccc3)C(=O)N2C1. The van der Waals surface area contributed by atoms with Gasteiger partial charge in [-0.1, -0.05) is 78.9 Å². The number of aromatic nitrogens is 1. The lowest BCUT2D eigenvalue weighted by atomic mass is 9.99. The van der Waals surface area contributed by atoms with Gasteiger partial charge >= 0.3 is 0 Å². The van der Waals surface area contributed by atoms with Crippen LogP contribution in [0.3, 0.4) is 0 Å². The predicted octanol–water partition coefficient (Wildman–Crippen LogP) is 0.708. The highest BCUT2D eigenvalue weighted by atomic mass is 16.2. The number of rotatable bonds is 8. The summed E-state index contributed by atoms with van der Waals surface area (Å²) in [5.41, 5.74) is 8.84. The van der Waals surface area contributed by atoms with Gasteiger partial charge < -0.3 is 36.9 Å². The molecule has 3 aromatic carbocycles. The number of H-pyrrole nitrogens is 1. The van der Waals surface area contributed by atoms with E-state index in [4.69, 9.17) is 5.73 Å². The van der Waals surface area contributed by atoms with Crippen LogP contribution in [0.2, 0.25) is 0 Å². The zero-order valence-electron chi connectivity index (χ0n) is 26.4. The number of amides is 5. The average molecular weight is 650 g/mol. The summed E-state index contributed by atoms with van der Waals surface area (Å²) in [7, 11) is 0. The van der Waals surface area contributed by atoms with Crippen LogP contribution in [0.4, 0.5) is 0 Å². The molecule has 5 atom stereocenters. The number of para-hydroxylation sites is 1. The molecule has 0 saturated carbocycles. The van der Waals surface area contributed by atoms with E-state index in [0.717, 1.165) is 27.6 Å². The van der Waals surface area contributed by atoms with Gasteiger partial charge in [-0.3, -0.25) is 24.0 Å². The number of carbonyl (C=O) groups excluding carboxylic acids is 5. The van der Waals surface area contributed by atoms with E-state index in [-0.39, 0.29) is 38.8 Å². The normalized spacial score (nSPS) is 23.4. The summed E-state index contributed by atoms with van der Waals surface area (Å²) in [5.74, 6) is -2.47. The quantitative estimate of drug-likeness (QED) is 0.164. The standard InChI is InChI=1S/C36H39N7O5/c37-19-32(44)39-25-18-31-35(47)41-28(15-22-9-3-1-4-10-22)33(45)40-29(17-24-20-38-27-14-8-7-13-26(24)27)34(46)42-30(36(48)43(31)21-25)16-23-11-5-2-6-12-23/h1-14,20,25,28-31,38H,15-19,21,37H2,(H,39,44)(H,40,45)(H,41,47)(H,42,46)/t25-,28+,29-,30+,31-/m1/s1. The molecule has 5 amide bonds. The summed E-state index contributed by atoms with van der Waals surface area (Å²) in [6, 6.07) is 21.4. The number of benzene rings is 3. The molecule has 2 saturated heterocycles. The number of carbonyl (C=O) groups is 5. The van der Waals surface area contributed by atoms with Crippen molar-refractivity contribution in [1.82, 2.24) is 31.2 Å². The molecular weight excluding hydrogens is 610 g/mol. The van der Waals surface area contributed by atoms with Gasteiger partial charge in [0.15, 0.2) is 0 Å². The van der Waals surface area contributed by atoms with Crippen molar-refractivity contribution in [2.75, 3.05) is 13.1 Å². The highest BCUT2D eigenvalue weighted by Crippen LogP contribution is 2.23. The maximum absolute atomic E-state index is 14.4. The molecule has 0 aliphatic carbocycles. The topological polar surface area (TPSA) is 179 Å². The van der Waals surface area contributed by atoms with E-state index in [1.54, 1.807) is 6.20 Å². The summed E-state index contributed by atoms with van der Waals surface area (Å²) < 4.78 is 0. The molecule has 2 fully saturated rings. The van der Waals surface area contributed by atoms with Gasteiger partial charge in [-0.2, -0.15) is 0 Å². The van der Waals surface area contributed by atoms with Crippen LogP contribution in [0.5, 0.6) is 0 Å². The second kappa shape index (κ2) is 14.5. The lowest BCUT2D eigenvalue weighted by Gasteiger charge is -2.32. The largest absolute Gasteiger partial charge is 0.361 e. The van der Waals surface area contributed by atoms with E-state index in [1.165, 1.54) is 4.90 Å². The summed E-state index contributed by atoms with van der Waals surface area (Å²) in [6.45, 7) is -0.205. The third kappa shape index (κ3) is 7.39. The van der Waals surface area contributed by atoms with Gasteiger partial charge in [0, 0.05) is 48.9 Å². The lowest BCUT2D eigenvalue weighted by Crippen LogP contribution is -2.62. The first-order valence-electron chi connectivity index (χ1n) is 16.1. The molecule has 48 heavy (non-hydrogen) atoms. The fraction of sp³-hybridized carbons (Fsp3) is 0.306. The Labute approximate surface area is 277 Å². The number of nitrogens with two attached hydrogens (primary N) is 1. The molecule has 3 heterocycles. The monoisotopic (exact) mass is 649 g/mol. The smallest absolute Gasteiger partial charge is 0.246 e.